The number of hydrogen-bond donors (Lipinski definition) is 3. The molecule has 2 heterocycles. The molecule has 0 fully saturated rings. The van der Waals surface area contributed by atoms with Crippen LogP contribution < -0.4 is 21.3 Å². The molecule has 0 atom stereocenters. The summed E-state index contributed by atoms with van der Waals surface area (Å²) in [4.78, 5) is 9.10. The smallest absolute Gasteiger partial charge is 0.229 e. The lowest BCUT2D eigenvalue weighted by atomic mass is 10.0. The Morgan fingerprint density at radius 2 is 1.96 bits per heavy atom. The highest BCUT2D eigenvalue weighted by atomic mass is 79.9. The van der Waals surface area contributed by atoms with Crippen LogP contribution in [0.3, 0.4) is 0 Å². The van der Waals surface area contributed by atoms with Gasteiger partial charge in [0.1, 0.15) is 5.82 Å². The van der Waals surface area contributed by atoms with Crippen molar-refractivity contribution in [2.45, 2.75) is 12.8 Å². The molecule has 0 unspecified atom stereocenters. The van der Waals surface area contributed by atoms with Gasteiger partial charge in [0.05, 0.1) is 4.47 Å². The Morgan fingerprint density at radius 1 is 1.11 bits per heavy atom. The van der Waals surface area contributed by atoms with E-state index in [2.05, 4.69) is 91.6 Å². The van der Waals surface area contributed by atoms with E-state index in [-0.39, 0.29) is 7.92 Å². The Kier molecular flexibility index (Phi) is 5.79. The van der Waals surface area contributed by atoms with Crippen molar-refractivity contribution in [3.05, 3.63) is 58.7 Å². The quantitative estimate of drug-likeness (QED) is 0.446. The molecule has 3 N–H and O–H groups in total. The van der Waals surface area contributed by atoms with E-state index >= 15 is 0 Å². The Labute approximate surface area is 175 Å². The van der Waals surface area contributed by atoms with Gasteiger partial charge in [-0.15, -0.1) is 0 Å². The van der Waals surface area contributed by atoms with Gasteiger partial charge in [-0.25, -0.2) is 4.98 Å². The van der Waals surface area contributed by atoms with Crippen molar-refractivity contribution in [3.63, 3.8) is 0 Å². The zero-order valence-electron chi connectivity index (χ0n) is 16.0. The molecule has 4 rings (SSSR count). The molecule has 0 aliphatic carbocycles. The summed E-state index contributed by atoms with van der Waals surface area (Å²) >= 11 is 3.56. The molecule has 28 heavy (non-hydrogen) atoms. The van der Waals surface area contributed by atoms with Crippen LogP contribution in [0.25, 0.3) is 0 Å². The van der Waals surface area contributed by atoms with Crippen LogP contribution in [0, 0.1) is 0 Å². The van der Waals surface area contributed by atoms with E-state index in [1.807, 2.05) is 6.07 Å². The van der Waals surface area contributed by atoms with Crippen molar-refractivity contribution in [1.29, 1.82) is 0 Å². The van der Waals surface area contributed by atoms with Crippen molar-refractivity contribution >= 4 is 58.0 Å². The monoisotopic (exact) mass is 455 g/mol. The number of para-hydroxylation sites is 1. The zero-order chi connectivity index (χ0) is 19.5. The van der Waals surface area contributed by atoms with Crippen LogP contribution >= 0.6 is 23.9 Å². The first-order chi connectivity index (χ1) is 13.6. The fourth-order valence-corrected chi connectivity index (χ4v) is 4.57. The average Bonchev–Trinajstić information content (AvgIpc) is 2.71. The third kappa shape index (κ3) is 4.29. The van der Waals surface area contributed by atoms with Crippen LogP contribution in [0.15, 0.2) is 53.1 Å². The van der Waals surface area contributed by atoms with Crippen LogP contribution in [0.4, 0.5) is 28.8 Å². The van der Waals surface area contributed by atoms with E-state index < -0.39 is 0 Å². The molecule has 1 aromatic heterocycles. The molecule has 0 radical (unpaired) electrons. The van der Waals surface area contributed by atoms with Gasteiger partial charge >= 0.3 is 0 Å². The van der Waals surface area contributed by atoms with Crippen molar-refractivity contribution in [2.75, 3.05) is 35.8 Å². The second-order valence-electron chi connectivity index (χ2n) is 6.95. The Morgan fingerprint density at radius 3 is 2.82 bits per heavy atom. The van der Waals surface area contributed by atoms with Gasteiger partial charge in [-0.3, -0.25) is 0 Å². The van der Waals surface area contributed by atoms with Gasteiger partial charge in [0.2, 0.25) is 5.95 Å². The summed E-state index contributed by atoms with van der Waals surface area (Å²) in [5.74, 6) is 1.31. The largest absolute Gasteiger partial charge is 0.385 e. The topological polar surface area (TPSA) is 61.9 Å². The maximum Gasteiger partial charge on any atom is 0.229 e. The lowest BCUT2D eigenvalue weighted by Gasteiger charge is -2.19. The first-order valence-corrected chi connectivity index (χ1v) is 12.3. The van der Waals surface area contributed by atoms with Gasteiger partial charge < -0.3 is 16.0 Å². The molecular formula is C21H23BrN5P. The summed E-state index contributed by atoms with van der Waals surface area (Å²) in [7, 11) is -0.219. The summed E-state index contributed by atoms with van der Waals surface area (Å²) in [5, 5.41) is 11.6. The highest BCUT2D eigenvalue weighted by Crippen LogP contribution is 2.32. The normalized spacial score (nSPS) is 13.0. The maximum absolute atomic E-state index is 4.68. The molecule has 144 valence electrons. The lowest BCUT2D eigenvalue weighted by molar-refractivity contribution is 0.830. The number of aryl methyl sites for hydroxylation is 1. The van der Waals surface area contributed by atoms with Crippen LogP contribution in [0.5, 0.6) is 0 Å². The van der Waals surface area contributed by atoms with Crippen LogP contribution in [0.1, 0.15) is 12.0 Å². The number of anilines is 5. The second-order valence-corrected chi connectivity index (χ2v) is 10.1. The molecule has 0 amide bonds. The third-order valence-electron chi connectivity index (χ3n) is 4.69. The molecule has 1 aliphatic rings. The predicted molar refractivity (Wildman–Crippen MR) is 124 cm³/mol. The van der Waals surface area contributed by atoms with Gasteiger partial charge in [0.25, 0.3) is 0 Å². The summed E-state index contributed by atoms with van der Waals surface area (Å²) in [6.45, 7) is 5.53. The Bertz CT molecular complexity index is 992. The van der Waals surface area contributed by atoms with Gasteiger partial charge in [-0.2, -0.15) is 4.98 Å². The molecular weight excluding hydrogens is 433 g/mol. The fraction of sp³-hybridized carbons (Fsp3) is 0.238. The summed E-state index contributed by atoms with van der Waals surface area (Å²) in [6, 6.07) is 14.8. The number of fused-ring (bicyclic) bond motifs is 1. The lowest BCUT2D eigenvalue weighted by Crippen LogP contribution is -2.12. The fourth-order valence-electron chi connectivity index (χ4n) is 3.28. The SMILES string of the molecule is CP(C)c1ccccc1Nc1nc(Nc2ccc3c(c2)NCCC3)ncc1Br. The van der Waals surface area contributed by atoms with Crippen molar-refractivity contribution < 1.29 is 0 Å². The third-order valence-corrected chi connectivity index (χ3v) is 6.62. The number of aromatic nitrogens is 2. The first-order valence-electron chi connectivity index (χ1n) is 9.30. The Hall–Kier alpha value is -2.17. The predicted octanol–water partition coefficient (Wildman–Crippen LogP) is 5.45. The number of benzene rings is 2. The molecule has 5 nitrogen and oxygen atoms in total. The standard InChI is InChI=1S/C21H23BrN5P/c1-28(2)19-8-4-3-7-17(19)26-20-16(22)13-24-21(27-20)25-15-10-9-14-6-5-11-23-18(14)12-15/h3-4,7-10,12-13,23H,5-6,11H2,1-2H3,(H2,24,25,26,27). The molecule has 7 heteroatoms. The van der Waals surface area contributed by atoms with E-state index in [9.17, 15) is 0 Å². The molecule has 0 spiro atoms. The van der Waals surface area contributed by atoms with Gasteiger partial charge in [0.15, 0.2) is 0 Å². The average molecular weight is 456 g/mol. The van der Waals surface area contributed by atoms with Gasteiger partial charge in [-0.05, 0) is 71.2 Å². The van der Waals surface area contributed by atoms with E-state index in [0.717, 1.165) is 34.6 Å². The number of nitrogens with zero attached hydrogens (tertiary/aromatic N) is 2. The minimum atomic E-state index is -0.219. The van der Waals surface area contributed by atoms with Crippen LogP contribution in [-0.4, -0.2) is 29.8 Å². The van der Waals surface area contributed by atoms with Crippen molar-refractivity contribution in [2.24, 2.45) is 0 Å². The van der Waals surface area contributed by atoms with E-state index in [0.29, 0.717) is 5.95 Å². The molecule has 0 bridgehead atoms. The minimum absolute atomic E-state index is 0.219. The number of hydrogen-bond acceptors (Lipinski definition) is 5. The van der Waals surface area contributed by atoms with Crippen molar-refractivity contribution in [3.8, 4) is 0 Å². The summed E-state index contributed by atoms with van der Waals surface area (Å²) in [6.07, 6.45) is 4.09. The van der Waals surface area contributed by atoms with E-state index in [1.165, 1.54) is 23.0 Å². The number of halogens is 1. The second kappa shape index (κ2) is 8.46. The number of nitrogens with one attached hydrogen (secondary N) is 3. The molecule has 0 saturated heterocycles. The van der Waals surface area contributed by atoms with Gasteiger partial charge in [-0.1, -0.05) is 32.2 Å². The molecule has 1 aliphatic heterocycles. The van der Waals surface area contributed by atoms with E-state index in [1.54, 1.807) is 6.20 Å². The van der Waals surface area contributed by atoms with Gasteiger partial charge in [0, 0.05) is 29.8 Å². The molecule has 0 saturated carbocycles. The summed E-state index contributed by atoms with van der Waals surface area (Å²) < 4.78 is 0.830. The molecule has 3 aromatic rings. The maximum atomic E-state index is 4.68. The van der Waals surface area contributed by atoms with Crippen LogP contribution in [-0.2, 0) is 6.42 Å². The first kappa shape index (κ1) is 19.2. The van der Waals surface area contributed by atoms with E-state index in [4.69, 9.17) is 0 Å². The number of rotatable bonds is 5. The molecule has 2 aromatic carbocycles. The highest BCUT2D eigenvalue weighted by Gasteiger charge is 2.12. The minimum Gasteiger partial charge on any atom is -0.385 e. The van der Waals surface area contributed by atoms with Crippen LogP contribution in [0.2, 0.25) is 0 Å². The highest BCUT2D eigenvalue weighted by molar-refractivity contribution is 9.10. The zero-order valence-corrected chi connectivity index (χ0v) is 18.4. The van der Waals surface area contributed by atoms with Crippen molar-refractivity contribution in [1.82, 2.24) is 9.97 Å². The summed E-state index contributed by atoms with van der Waals surface area (Å²) in [5.41, 5.74) is 4.62. The Balaban J connectivity index is 1.58.